The predicted octanol–water partition coefficient (Wildman–Crippen LogP) is 3.22. The first-order valence-corrected chi connectivity index (χ1v) is 8.15. The molecule has 110 valence electrons. The van der Waals surface area contributed by atoms with Gasteiger partial charge in [-0.3, -0.25) is 4.79 Å². The number of carbonyl (C=O) groups is 1. The average molecular weight is 340 g/mol. The van der Waals surface area contributed by atoms with E-state index in [2.05, 4.69) is 29.8 Å². The molecule has 1 amide bonds. The molecule has 1 aliphatic heterocycles. The maximum Gasteiger partial charge on any atom is 0.254 e. The number of ether oxygens (including phenoxy) is 1. The zero-order valence-electron chi connectivity index (χ0n) is 12.3. The molecule has 2 rings (SSSR count). The molecule has 1 fully saturated rings. The van der Waals surface area contributed by atoms with E-state index in [1.54, 1.807) is 0 Å². The number of hydrogen-bond donors (Lipinski definition) is 0. The van der Waals surface area contributed by atoms with Gasteiger partial charge in [-0.05, 0) is 17.9 Å². The van der Waals surface area contributed by atoms with Crippen LogP contribution in [0.4, 0.5) is 0 Å². The van der Waals surface area contributed by atoms with Crippen molar-refractivity contribution in [3.63, 3.8) is 0 Å². The number of halogens is 1. The molecule has 1 aliphatic rings. The molecule has 4 heteroatoms. The molecule has 0 bridgehead atoms. The van der Waals surface area contributed by atoms with Gasteiger partial charge in [0.1, 0.15) is 0 Å². The van der Waals surface area contributed by atoms with Crippen LogP contribution >= 0.6 is 15.9 Å². The van der Waals surface area contributed by atoms with Crippen molar-refractivity contribution in [3.05, 3.63) is 35.9 Å². The molecule has 20 heavy (non-hydrogen) atoms. The van der Waals surface area contributed by atoms with E-state index in [1.807, 2.05) is 42.2 Å². The summed E-state index contributed by atoms with van der Waals surface area (Å²) in [6.45, 7) is 7.58. The smallest absolute Gasteiger partial charge is 0.254 e. The van der Waals surface area contributed by atoms with Gasteiger partial charge >= 0.3 is 0 Å². The van der Waals surface area contributed by atoms with E-state index in [9.17, 15) is 4.79 Å². The number of likely N-dealkylation sites (tertiary alicyclic amines) is 1. The number of amides is 1. The molecule has 1 saturated heterocycles. The van der Waals surface area contributed by atoms with E-state index < -0.39 is 0 Å². The van der Waals surface area contributed by atoms with Crippen molar-refractivity contribution >= 4 is 21.8 Å². The Balaban J connectivity index is 2.04. The van der Waals surface area contributed by atoms with Crippen LogP contribution in [0.25, 0.3) is 0 Å². The maximum absolute atomic E-state index is 12.2. The molecular weight excluding hydrogens is 318 g/mol. The minimum absolute atomic E-state index is 0.00523. The van der Waals surface area contributed by atoms with E-state index >= 15 is 0 Å². The van der Waals surface area contributed by atoms with Crippen molar-refractivity contribution in [2.75, 3.05) is 11.9 Å². The first kappa shape index (κ1) is 15.5. The largest absolute Gasteiger partial charge is 0.361 e. The lowest BCUT2D eigenvalue weighted by atomic mass is 9.76. The number of likely N-dealkylation sites (N-methyl/N-ethyl adjacent to an activating group) is 1. The van der Waals surface area contributed by atoms with Crippen LogP contribution in [0.2, 0.25) is 0 Å². The summed E-state index contributed by atoms with van der Waals surface area (Å²) in [4.78, 5) is 14.1. The van der Waals surface area contributed by atoms with Gasteiger partial charge < -0.3 is 9.64 Å². The van der Waals surface area contributed by atoms with Crippen LogP contribution in [-0.2, 0) is 16.1 Å². The van der Waals surface area contributed by atoms with Crippen molar-refractivity contribution < 1.29 is 9.53 Å². The molecule has 0 aromatic heterocycles. The van der Waals surface area contributed by atoms with Crippen LogP contribution in [0.1, 0.15) is 26.3 Å². The monoisotopic (exact) mass is 339 g/mol. The van der Waals surface area contributed by atoms with E-state index in [4.69, 9.17) is 4.74 Å². The van der Waals surface area contributed by atoms with E-state index in [0.29, 0.717) is 6.61 Å². The summed E-state index contributed by atoms with van der Waals surface area (Å²) >= 11 is 3.55. The SMILES string of the molecule is CCN1C(=O)[C@@H](OCc2ccccc2)[C@H]1C(C)(C)CBr. The zero-order valence-corrected chi connectivity index (χ0v) is 13.9. The molecule has 0 N–H and O–H groups in total. The lowest BCUT2D eigenvalue weighted by Crippen LogP contribution is -2.70. The number of carbonyl (C=O) groups excluding carboxylic acids is 1. The number of nitrogens with zero attached hydrogens (tertiary/aromatic N) is 1. The first-order chi connectivity index (χ1) is 9.51. The summed E-state index contributed by atoms with van der Waals surface area (Å²) in [5.74, 6) is 0.113. The van der Waals surface area contributed by atoms with E-state index in [1.165, 1.54) is 0 Å². The lowest BCUT2D eigenvalue weighted by molar-refractivity contribution is -0.185. The second-order valence-corrected chi connectivity index (χ2v) is 6.47. The van der Waals surface area contributed by atoms with Gasteiger partial charge in [0.2, 0.25) is 0 Å². The Morgan fingerprint density at radius 1 is 1.30 bits per heavy atom. The minimum Gasteiger partial charge on any atom is -0.361 e. The van der Waals surface area contributed by atoms with Crippen molar-refractivity contribution in [2.45, 2.75) is 39.5 Å². The Labute approximate surface area is 129 Å². The normalized spacial score (nSPS) is 22.8. The number of alkyl halides is 1. The summed E-state index contributed by atoms with van der Waals surface area (Å²) in [5.41, 5.74) is 1.11. The molecule has 1 aromatic rings. The highest BCUT2D eigenvalue weighted by Crippen LogP contribution is 2.38. The summed E-state index contributed by atoms with van der Waals surface area (Å²) in [6, 6.07) is 10.1. The Morgan fingerprint density at radius 3 is 2.50 bits per heavy atom. The van der Waals surface area contributed by atoms with E-state index in [-0.39, 0.29) is 23.5 Å². The standard InChI is InChI=1S/C16H22BrNO2/c1-4-18-14(16(2,3)11-17)13(15(18)19)20-10-12-8-6-5-7-9-12/h5-9,13-14H,4,10-11H2,1-3H3/t13-,14-/m0/s1. The molecule has 0 spiro atoms. The van der Waals surface area contributed by atoms with Gasteiger partial charge in [-0.2, -0.15) is 0 Å². The number of benzene rings is 1. The third-order valence-electron chi connectivity index (χ3n) is 3.91. The number of rotatable bonds is 6. The third-order valence-corrected chi connectivity index (χ3v) is 5.35. The Morgan fingerprint density at radius 2 is 1.95 bits per heavy atom. The summed E-state index contributed by atoms with van der Waals surface area (Å²) in [6.07, 6.45) is -0.317. The molecule has 3 nitrogen and oxygen atoms in total. The molecule has 0 saturated carbocycles. The Bertz CT molecular complexity index is 461. The Hall–Kier alpha value is -0.870. The van der Waals surface area contributed by atoms with Crippen LogP contribution in [0.5, 0.6) is 0 Å². The van der Waals surface area contributed by atoms with E-state index in [0.717, 1.165) is 17.4 Å². The summed E-state index contributed by atoms with van der Waals surface area (Å²) in [5, 5.41) is 0.847. The van der Waals surface area contributed by atoms with Crippen molar-refractivity contribution in [1.82, 2.24) is 4.90 Å². The molecular formula is C16H22BrNO2. The fraction of sp³-hybridized carbons (Fsp3) is 0.562. The summed E-state index contributed by atoms with van der Waals surface area (Å²) < 4.78 is 5.90. The highest BCUT2D eigenvalue weighted by molar-refractivity contribution is 9.09. The quantitative estimate of drug-likeness (QED) is 0.588. The topological polar surface area (TPSA) is 29.5 Å². The van der Waals surface area contributed by atoms with Crippen molar-refractivity contribution in [2.24, 2.45) is 5.41 Å². The van der Waals surface area contributed by atoms with Gasteiger partial charge in [0.25, 0.3) is 5.91 Å². The highest BCUT2D eigenvalue weighted by Gasteiger charge is 2.53. The average Bonchev–Trinajstić information content (AvgIpc) is 2.46. The summed E-state index contributed by atoms with van der Waals surface area (Å²) in [7, 11) is 0. The Kier molecular flexibility index (Phi) is 4.86. The maximum atomic E-state index is 12.2. The first-order valence-electron chi connectivity index (χ1n) is 7.03. The number of β-lactam (4-membered cyclic amide) rings is 1. The van der Waals surface area contributed by atoms with Gasteiger partial charge in [0.15, 0.2) is 6.10 Å². The molecule has 1 aromatic carbocycles. The fourth-order valence-corrected chi connectivity index (χ4v) is 3.03. The highest BCUT2D eigenvalue weighted by atomic mass is 79.9. The second-order valence-electron chi connectivity index (χ2n) is 5.91. The van der Waals surface area contributed by atoms with Gasteiger partial charge in [0, 0.05) is 11.9 Å². The van der Waals surface area contributed by atoms with Crippen LogP contribution in [-0.4, -0.2) is 34.8 Å². The van der Waals surface area contributed by atoms with Gasteiger partial charge in [-0.15, -0.1) is 0 Å². The lowest BCUT2D eigenvalue weighted by Gasteiger charge is -2.53. The zero-order chi connectivity index (χ0) is 14.8. The van der Waals surface area contributed by atoms with Crippen LogP contribution < -0.4 is 0 Å². The van der Waals surface area contributed by atoms with Gasteiger partial charge in [-0.25, -0.2) is 0 Å². The predicted molar refractivity (Wildman–Crippen MR) is 83.8 cm³/mol. The van der Waals surface area contributed by atoms with Crippen molar-refractivity contribution in [1.29, 1.82) is 0 Å². The van der Waals surface area contributed by atoms with Crippen LogP contribution in [0.3, 0.4) is 0 Å². The fourth-order valence-electron chi connectivity index (χ4n) is 2.70. The third kappa shape index (κ3) is 2.91. The van der Waals surface area contributed by atoms with Crippen molar-refractivity contribution in [3.8, 4) is 0 Å². The van der Waals surface area contributed by atoms with Gasteiger partial charge in [0.05, 0.1) is 12.6 Å². The second kappa shape index (κ2) is 6.27. The molecule has 1 heterocycles. The van der Waals surface area contributed by atoms with Crippen LogP contribution in [0, 0.1) is 5.41 Å². The number of hydrogen-bond acceptors (Lipinski definition) is 2. The molecule has 0 radical (unpaired) electrons. The van der Waals surface area contributed by atoms with Gasteiger partial charge in [-0.1, -0.05) is 60.1 Å². The molecule has 2 atom stereocenters. The molecule has 0 aliphatic carbocycles. The van der Waals surface area contributed by atoms with Crippen LogP contribution in [0.15, 0.2) is 30.3 Å². The minimum atomic E-state index is -0.317. The molecule has 0 unspecified atom stereocenters.